The highest BCUT2D eigenvalue weighted by Crippen LogP contribution is 2.20. The van der Waals surface area contributed by atoms with Crippen LogP contribution in [0.3, 0.4) is 0 Å². The van der Waals surface area contributed by atoms with Gasteiger partial charge in [-0.15, -0.1) is 0 Å². The molecule has 2 rings (SSSR count). The second kappa shape index (κ2) is 8.82. The van der Waals surface area contributed by atoms with Crippen LogP contribution in [0.5, 0.6) is 17.2 Å². The molecule has 0 radical (unpaired) electrons. The first-order valence-corrected chi connectivity index (χ1v) is 7.87. The van der Waals surface area contributed by atoms with E-state index in [1.165, 1.54) is 0 Å². The largest absolute Gasteiger partial charge is 0.497 e. The normalized spacial score (nSPS) is 11.5. The molecule has 1 atom stereocenters. The molecule has 0 saturated heterocycles. The fraction of sp³-hybridized carbons (Fsp3) is 0.316. The molecular formula is C19H23NO4. The SMILES string of the molecule is CC[C@H](Oc1cccc(OC)c1)C(=O)NCc1ccc(OC)cc1. The Bertz CT molecular complexity index is 655. The van der Waals surface area contributed by atoms with E-state index < -0.39 is 6.10 Å². The maximum atomic E-state index is 12.3. The van der Waals surface area contributed by atoms with E-state index in [-0.39, 0.29) is 5.91 Å². The molecule has 0 aliphatic rings. The van der Waals surface area contributed by atoms with Crippen molar-refractivity contribution in [2.75, 3.05) is 14.2 Å². The molecule has 1 amide bonds. The number of amides is 1. The Balaban J connectivity index is 1.92. The molecule has 0 aliphatic heterocycles. The smallest absolute Gasteiger partial charge is 0.261 e. The van der Waals surface area contributed by atoms with Crippen LogP contribution >= 0.6 is 0 Å². The summed E-state index contributed by atoms with van der Waals surface area (Å²) >= 11 is 0. The van der Waals surface area contributed by atoms with Gasteiger partial charge in [-0.2, -0.15) is 0 Å². The minimum absolute atomic E-state index is 0.142. The van der Waals surface area contributed by atoms with Crippen molar-refractivity contribution in [3.63, 3.8) is 0 Å². The highest BCUT2D eigenvalue weighted by molar-refractivity contribution is 5.81. The Morgan fingerprint density at radius 2 is 1.67 bits per heavy atom. The van der Waals surface area contributed by atoms with E-state index in [9.17, 15) is 4.79 Å². The second-order valence-corrected chi connectivity index (χ2v) is 5.26. The van der Waals surface area contributed by atoms with Gasteiger partial charge in [-0.1, -0.05) is 25.1 Å². The van der Waals surface area contributed by atoms with Crippen LogP contribution in [0, 0.1) is 0 Å². The van der Waals surface area contributed by atoms with E-state index in [2.05, 4.69) is 5.32 Å². The molecule has 0 unspecified atom stereocenters. The predicted octanol–water partition coefficient (Wildman–Crippen LogP) is 3.18. The van der Waals surface area contributed by atoms with E-state index in [4.69, 9.17) is 14.2 Å². The van der Waals surface area contributed by atoms with Crippen LogP contribution in [0.1, 0.15) is 18.9 Å². The van der Waals surface area contributed by atoms with Gasteiger partial charge < -0.3 is 19.5 Å². The lowest BCUT2D eigenvalue weighted by atomic mass is 10.2. The summed E-state index contributed by atoms with van der Waals surface area (Å²) in [7, 11) is 3.22. The number of carbonyl (C=O) groups excluding carboxylic acids is 1. The molecule has 0 heterocycles. The minimum atomic E-state index is -0.546. The first-order chi connectivity index (χ1) is 11.7. The van der Waals surface area contributed by atoms with Gasteiger partial charge in [0.25, 0.3) is 5.91 Å². The van der Waals surface area contributed by atoms with Gasteiger partial charge in [-0.3, -0.25) is 4.79 Å². The van der Waals surface area contributed by atoms with Gasteiger partial charge in [0.1, 0.15) is 17.2 Å². The van der Waals surface area contributed by atoms with Gasteiger partial charge in [0.05, 0.1) is 14.2 Å². The van der Waals surface area contributed by atoms with Gasteiger partial charge in [-0.05, 0) is 36.2 Å². The first-order valence-electron chi connectivity index (χ1n) is 7.87. The molecule has 24 heavy (non-hydrogen) atoms. The molecule has 0 saturated carbocycles. The number of methoxy groups -OCH3 is 2. The number of rotatable bonds is 8. The number of hydrogen-bond acceptors (Lipinski definition) is 4. The summed E-state index contributed by atoms with van der Waals surface area (Å²) in [5.41, 5.74) is 1.00. The molecule has 5 heteroatoms. The van der Waals surface area contributed by atoms with Gasteiger partial charge in [0.15, 0.2) is 6.10 Å². The average Bonchev–Trinajstić information content (AvgIpc) is 2.64. The summed E-state index contributed by atoms with van der Waals surface area (Å²) < 4.78 is 16.1. The summed E-state index contributed by atoms with van der Waals surface area (Å²) in [5, 5.41) is 2.90. The van der Waals surface area contributed by atoms with Crippen molar-refractivity contribution in [1.82, 2.24) is 5.32 Å². The van der Waals surface area contributed by atoms with Crippen molar-refractivity contribution in [1.29, 1.82) is 0 Å². The predicted molar refractivity (Wildman–Crippen MR) is 92.5 cm³/mol. The van der Waals surface area contributed by atoms with Crippen molar-refractivity contribution in [2.24, 2.45) is 0 Å². The minimum Gasteiger partial charge on any atom is -0.497 e. The van der Waals surface area contributed by atoms with Crippen molar-refractivity contribution in [3.05, 3.63) is 54.1 Å². The lowest BCUT2D eigenvalue weighted by Crippen LogP contribution is -2.37. The van der Waals surface area contributed by atoms with E-state index in [1.54, 1.807) is 20.3 Å². The van der Waals surface area contributed by atoms with Crippen molar-refractivity contribution in [2.45, 2.75) is 26.0 Å². The first kappa shape index (κ1) is 17.7. The maximum absolute atomic E-state index is 12.3. The highest BCUT2D eigenvalue weighted by Gasteiger charge is 2.18. The zero-order valence-corrected chi connectivity index (χ0v) is 14.2. The molecule has 5 nitrogen and oxygen atoms in total. The zero-order chi connectivity index (χ0) is 17.4. The summed E-state index contributed by atoms with van der Waals surface area (Å²) in [4.78, 5) is 12.3. The Morgan fingerprint density at radius 3 is 2.29 bits per heavy atom. The van der Waals surface area contributed by atoms with Gasteiger partial charge >= 0.3 is 0 Å². The molecule has 0 spiro atoms. The van der Waals surface area contributed by atoms with Crippen molar-refractivity contribution >= 4 is 5.91 Å². The van der Waals surface area contributed by atoms with Crippen LogP contribution < -0.4 is 19.5 Å². The Kier molecular flexibility index (Phi) is 6.49. The molecule has 2 aromatic carbocycles. The van der Waals surface area contributed by atoms with Crippen LogP contribution in [0.2, 0.25) is 0 Å². The highest BCUT2D eigenvalue weighted by atomic mass is 16.5. The summed E-state index contributed by atoms with van der Waals surface area (Å²) in [6.45, 7) is 2.36. The standard InChI is InChI=1S/C19H23NO4/c1-4-18(24-17-7-5-6-16(12-17)23-3)19(21)20-13-14-8-10-15(22-2)11-9-14/h5-12,18H,4,13H2,1-3H3,(H,20,21)/t18-/m0/s1. The molecule has 1 N–H and O–H groups in total. The molecule has 0 bridgehead atoms. The number of benzene rings is 2. The lowest BCUT2D eigenvalue weighted by molar-refractivity contribution is -0.128. The monoisotopic (exact) mass is 329 g/mol. The maximum Gasteiger partial charge on any atom is 0.261 e. The third-order valence-corrected chi connectivity index (χ3v) is 3.61. The van der Waals surface area contributed by atoms with Gasteiger partial charge in [-0.25, -0.2) is 0 Å². The topological polar surface area (TPSA) is 56.8 Å². The summed E-state index contributed by atoms with van der Waals surface area (Å²) in [6.07, 6.45) is 0.0291. The van der Waals surface area contributed by atoms with Crippen molar-refractivity contribution < 1.29 is 19.0 Å². The number of nitrogens with one attached hydrogen (secondary N) is 1. The summed E-state index contributed by atoms with van der Waals surface area (Å²) in [6, 6.07) is 14.8. The number of ether oxygens (including phenoxy) is 3. The number of hydrogen-bond donors (Lipinski definition) is 1. The summed E-state index contributed by atoms with van der Waals surface area (Å²) in [5.74, 6) is 1.95. The molecular weight excluding hydrogens is 306 g/mol. The second-order valence-electron chi connectivity index (χ2n) is 5.26. The third-order valence-electron chi connectivity index (χ3n) is 3.61. The molecule has 0 aliphatic carbocycles. The Hall–Kier alpha value is -2.69. The zero-order valence-electron chi connectivity index (χ0n) is 14.2. The van der Waals surface area contributed by atoms with Crippen LogP contribution in [-0.2, 0) is 11.3 Å². The third kappa shape index (κ3) is 4.91. The Morgan fingerprint density at radius 1 is 1.00 bits per heavy atom. The van der Waals surface area contributed by atoms with Crippen molar-refractivity contribution in [3.8, 4) is 17.2 Å². The fourth-order valence-electron chi connectivity index (χ4n) is 2.21. The Labute approximate surface area is 142 Å². The molecule has 0 fully saturated rings. The fourth-order valence-corrected chi connectivity index (χ4v) is 2.21. The van der Waals surface area contributed by atoms with E-state index in [0.29, 0.717) is 24.5 Å². The number of carbonyl (C=O) groups is 1. The van der Waals surface area contributed by atoms with E-state index in [0.717, 1.165) is 11.3 Å². The quantitative estimate of drug-likeness (QED) is 0.808. The van der Waals surface area contributed by atoms with E-state index >= 15 is 0 Å². The van der Waals surface area contributed by atoms with Crippen LogP contribution in [0.15, 0.2) is 48.5 Å². The van der Waals surface area contributed by atoms with Crippen LogP contribution in [0.4, 0.5) is 0 Å². The molecule has 2 aromatic rings. The van der Waals surface area contributed by atoms with Gasteiger partial charge in [0, 0.05) is 12.6 Å². The molecule has 0 aromatic heterocycles. The van der Waals surface area contributed by atoms with E-state index in [1.807, 2.05) is 49.4 Å². The molecule has 128 valence electrons. The average molecular weight is 329 g/mol. The lowest BCUT2D eigenvalue weighted by Gasteiger charge is -2.17. The van der Waals surface area contributed by atoms with Gasteiger partial charge in [0.2, 0.25) is 0 Å². The van der Waals surface area contributed by atoms with Crippen LogP contribution in [0.25, 0.3) is 0 Å². The van der Waals surface area contributed by atoms with Crippen LogP contribution in [-0.4, -0.2) is 26.2 Å².